The van der Waals surface area contributed by atoms with Crippen molar-refractivity contribution < 1.29 is 14.2 Å². The van der Waals surface area contributed by atoms with Gasteiger partial charge in [0.1, 0.15) is 4.34 Å². The summed E-state index contributed by atoms with van der Waals surface area (Å²) in [4.78, 5) is 0. The van der Waals surface area contributed by atoms with Crippen molar-refractivity contribution >= 4 is 34.5 Å². The van der Waals surface area contributed by atoms with E-state index in [1.165, 1.54) is 30.6 Å². The van der Waals surface area contributed by atoms with Crippen molar-refractivity contribution in [2.45, 2.75) is 12.5 Å². The van der Waals surface area contributed by atoms with Crippen molar-refractivity contribution in [3.8, 4) is 5.75 Å². The first-order valence-corrected chi connectivity index (χ1v) is 7.03. The zero-order valence-electron chi connectivity index (χ0n) is 9.99. The Balaban J connectivity index is 2.17. The lowest BCUT2D eigenvalue weighted by atomic mass is 10.0. The number of halogens is 3. The molecule has 1 aromatic heterocycles. The zero-order chi connectivity index (χ0) is 14.0. The molecule has 0 saturated heterocycles. The van der Waals surface area contributed by atoms with Crippen LogP contribution in [0, 0.1) is 5.82 Å². The van der Waals surface area contributed by atoms with Gasteiger partial charge in [-0.2, -0.15) is 0 Å². The first-order chi connectivity index (χ1) is 9.01. The van der Waals surface area contributed by atoms with E-state index in [0.29, 0.717) is 19.8 Å². The molecule has 0 aliphatic carbocycles. The average molecular weight is 321 g/mol. The average Bonchev–Trinajstić information content (AvgIpc) is 2.69. The highest BCUT2D eigenvalue weighted by Crippen LogP contribution is 2.36. The molecule has 0 radical (unpaired) electrons. The number of rotatable bonds is 4. The van der Waals surface area contributed by atoms with Crippen LogP contribution in [-0.2, 0) is 6.42 Å². The van der Waals surface area contributed by atoms with E-state index < -0.39 is 11.9 Å². The standard InChI is InChI=1S/C13H11Cl2FO2S/c1-18-11-3-2-7(4-9(11)16)5-10(17)8-6-12(14)19-13(8)15/h2-4,6,10,17H,5H2,1H3. The summed E-state index contributed by atoms with van der Waals surface area (Å²) in [5.74, 6) is -0.281. The Morgan fingerprint density at radius 3 is 2.63 bits per heavy atom. The second kappa shape index (κ2) is 6.09. The fourth-order valence-corrected chi connectivity index (χ4v) is 3.32. The smallest absolute Gasteiger partial charge is 0.165 e. The third-order valence-corrected chi connectivity index (χ3v) is 4.21. The van der Waals surface area contributed by atoms with Gasteiger partial charge in [-0.25, -0.2) is 4.39 Å². The van der Waals surface area contributed by atoms with Gasteiger partial charge >= 0.3 is 0 Å². The number of hydrogen-bond acceptors (Lipinski definition) is 3. The highest BCUT2D eigenvalue weighted by Gasteiger charge is 2.16. The van der Waals surface area contributed by atoms with Crippen molar-refractivity contribution in [3.05, 3.63) is 49.9 Å². The SMILES string of the molecule is COc1ccc(CC(O)c2cc(Cl)sc2Cl)cc1F. The molecule has 102 valence electrons. The summed E-state index contributed by atoms with van der Waals surface area (Å²) < 4.78 is 19.3. The van der Waals surface area contributed by atoms with Gasteiger partial charge in [-0.1, -0.05) is 29.3 Å². The van der Waals surface area contributed by atoms with Crippen molar-refractivity contribution in [2.75, 3.05) is 7.11 Å². The number of aliphatic hydroxyl groups is 1. The summed E-state index contributed by atoms with van der Waals surface area (Å²) in [6.07, 6.45) is -0.558. The molecule has 1 heterocycles. The molecule has 1 unspecified atom stereocenters. The maximum atomic E-state index is 13.5. The number of aliphatic hydroxyl groups excluding tert-OH is 1. The van der Waals surface area contributed by atoms with Gasteiger partial charge in [-0.15, -0.1) is 11.3 Å². The van der Waals surface area contributed by atoms with E-state index in [9.17, 15) is 9.50 Å². The van der Waals surface area contributed by atoms with Crippen LogP contribution in [0.15, 0.2) is 24.3 Å². The lowest BCUT2D eigenvalue weighted by molar-refractivity contribution is 0.179. The van der Waals surface area contributed by atoms with Crippen molar-refractivity contribution in [3.63, 3.8) is 0 Å². The number of thiophene rings is 1. The maximum Gasteiger partial charge on any atom is 0.165 e. The third-order valence-electron chi connectivity index (χ3n) is 2.69. The molecule has 0 bridgehead atoms. The lowest BCUT2D eigenvalue weighted by Crippen LogP contribution is -2.01. The van der Waals surface area contributed by atoms with E-state index in [-0.39, 0.29) is 12.2 Å². The summed E-state index contributed by atoms with van der Waals surface area (Å²) >= 11 is 13.0. The Bertz CT molecular complexity index is 586. The summed E-state index contributed by atoms with van der Waals surface area (Å²) in [5.41, 5.74) is 1.22. The molecule has 19 heavy (non-hydrogen) atoms. The van der Waals surface area contributed by atoms with Crippen LogP contribution >= 0.6 is 34.5 Å². The highest BCUT2D eigenvalue weighted by molar-refractivity contribution is 7.20. The summed E-state index contributed by atoms with van der Waals surface area (Å²) in [7, 11) is 1.40. The molecule has 2 aromatic rings. The normalized spacial score (nSPS) is 12.5. The van der Waals surface area contributed by atoms with Crippen LogP contribution in [0.25, 0.3) is 0 Å². The molecule has 1 atom stereocenters. The van der Waals surface area contributed by atoms with Gasteiger partial charge in [-0.05, 0) is 23.8 Å². The molecule has 2 rings (SSSR count). The van der Waals surface area contributed by atoms with Crippen LogP contribution in [0.3, 0.4) is 0 Å². The highest BCUT2D eigenvalue weighted by atomic mass is 35.5. The molecule has 2 nitrogen and oxygen atoms in total. The quantitative estimate of drug-likeness (QED) is 0.900. The molecule has 0 aliphatic rings. The molecular formula is C13H11Cl2FO2S. The first-order valence-electron chi connectivity index (χ1n) is 5.46. The summed E-state index contributed by atoms with van der Waals surface area (Å²) in [6, 6.07) is 6.19. The van der Waals surface area contributed by atoms with Gasteiger partial charge in [0.25, 0.3) is 0 Å². The van der Waals surface area contributed by atoms with E-state index in [4.69, 9.17) is 27.9 Å². The minimum atomic E-state index is -0.816. The molecule has 0 fully saturated rings. The molecule has 0 saturated carbocycles. The number of methoxy groups -OCH3 is 1. The van der Waals surface area contributed by atoms with Crippen LogP contribution in [0.4, 0.5) is 4.39 Å². The van der Waals surface area contributed by atoms with Crippen LogP contribution in [0.2, 0.25) is 8.67 Å². The van der Waals surface area contributed by atoms with E-state index in [0.717, 1.165) is 0 Å². The molecule has 0 spiro atoms. The predicted octanol–water partition coefficient (Wildman–Crippen LogP) is 4.48. The Labute approximate surface area is 124 Å². The minimum Gasteiger partial charge on any atom is -0.494 e. The monoisotopic (exact) mass is 320 g/mol. The topological polar surface area (TPSA) is 29.5 Å². The van der Waals surface area contributed by atoms with Crippen LogP contribution in [0.5, 0.6) is 5.75 Å². The second-order valence-corrected chi connectivity index (χ2v) is 6.25. The number of ether oxygens (including phenoxy) is 1. The van der Waals surface area contributed by atoms with Gasteiger partial charge in [0.05, 0.1) is 17.6 Å². The molecule has 0 amide bonds. The van der Waals surface area contributed by atoms with E-state index in [2.05, 4.69) is 0 Å². The van der Waals surface area contributed by atoms with Gasteiger partial charge in [-0.3, -0.25) is 0 Å². The lowest BCUT2D eigenvalue weighted by Gasteiger charge is -2.11. The van der Waals surface area contributed by atoms with E-state index in [1.54, 1.807) is 12.1 Å². The van der Waals surface area contributed by atoms with Crippen molar-refractivity contribution in [2.24, 2.45) is 0 Å². The maximum absolute atomic E-state index is 13.5. The van der Waals surface area contributed by atoms with Gasteiger partial charge in [0, 0.05) is 12.0 Å². The summed E-state index contributed by atoms with van der Waals surface area (Å²) in [6.45, 7) is 0. The van der Waals surface area contributed by atoms with Gasteiger partial charge < -0.3 is 9.84 Å². The molecule has 0 aliphatic heterocycles. The van der Waals surface area contributed by atoms with Crippen LogP contribution in [-0.4, -0.2) is 12.2 Å². The fourth-order valence-electron chi connectivity index (χ4n) is 1.75. The Kier molecular flexibility index (Phi) is 4.68. The zero-order valence-corrected chi connectivity index (χ0v) is 12.3. The first kappa shape index (κ1) is 14.6. The predicted molar refractivity (Wildman–Crippen MR) is 76.0 cm³/mol. The van der Waals surface area contributed by atoms with Crippen LogP contribution in [0.1, 0.15) is 17.2 Å². The van der Waals surface area contributed by atoms with E-state index in [1.807, 2.05) is 0 Å². The molecule has 6 heteroatoms. The molecule has 1 N–H and O–H groups in total. The fraction of sp³-hybridized carbons (Fsp3) is 0.231. The Morgan fingerprint density at radius 2 is 2.11 bits per heavy atom. The van der Waals surface area contributed by atoms with Crippen molar-refractivity contribution in [1.82, 2.24) is 0 Å². The van der Waals surface area contributed by atoms with Gasteiger partial charge in [0.2, 0.25) is 0 Å². The number of benzene rings is 1. The van der Waals surface area contributed by atoms with Gasteiger partial charge in [0.15, 0.2) is 11.6 Å². The molecule has 1 aromatic carbocycles. The third kappa shape index (κ3) is 3.39. The van der Waals surface area contributed by atoms with Crippen LogP contribution < -0.4 is 4.74 Å². The van der Waals surface area contributed by atoms with Crippen molar-refractivity contribution in [1.29, 1.82) is 0 Å². The largest absolute Gasteiger partial charge is 0.494 e. The minimum absolute atomic E-state index is 0.176. The second-order valence-electron chi connectivity index (χ2n) is 3.97. The number of hydrogen-bond donors (Lipinski definition) is 1. The Morgan fingerprint density at radius 1 is 1.37 bits per heavy atom. The molecular weight excluding hydrogens is 310 g/mol. The Hall–Kier alpha value is -0.810. The van der Waals surface area contributed by atoms with E-state index >= 15 is 0 Å². The summed E-state index contributed by atoms with van der Waals surface area (Å²) in [5, 5.41) is 10.1.